The van der Waals surface area contributed by atoms with Crippen LogP contribution >= 0.6 is 11.6 Å². The van der Waals surface area contributed by atoms with E-state index in [0.29, 0.717) is 33.8 Å². The zero-order valence-corrected chi connectivity index (χ0v) is 14.9. The average molecular weight is 384 g/mol. The van der Waals surface area contributed by atoms with Crippen LogP contribution in [0.5, 0.6) is 11.5 Å². The van der Waals surface area contributed by atoms with Crippen molar-refractivity contribution < 1.29 is 14.4 Å². The Kier molecular flexibility index (Phi) is 4.29. The molecular weight excluding hydrogens is 370 g/mol. The molecule has 0 aliphatic carbocycles. The Labute approximate surface area is 158 Å². The molecule has 2 N–H and O–H groups in total. The topological polar surface area (TPSA) is 101 Å². The van der Waals surface area contributed by atoms with Crippen molar-refractivity contribution in [1.82, 2.24) is 15.1 Å². The molecule has 8 heteroatoms. The van der Waals surface area contributed by atoms with E-state index < -0.39 is 5.56 Å². The van der Waals surface area contributed by atoms with Crippen LogP contribution in [0.3, 0.4) is 0 Å². The molecule has 0 saturated carbocycles. The number of para-hydroxylation sites is 1. The Balaban J connectivity index is 1.86. The number of hydrogen-bond donors (Lipinski definition) is 2. The van der Waals surface area contributed by atoms with E-state index in [1.807, 2.05) is 19.1 Å². The smallest absolute Gasteiger partial charge is 0.267 e. The van der Waals surface area contributed by atoms with Crippen molar-refractivity contribution in [3.05, 3.63) is 57.8 Å². The third-order valence-corrected chi connectivity index (χ3v) is 4.25. The van der Waals surface area contributed by atoms with Crippen LogP contribution in [0.2, 0.25) is 5.02 Å². The normalized spacial score (nSPS) is 11.0. The number of halogens is 1. The second kappa shape index (κ2) is 6.77. The molecule has 2 aromatic heterocycles. The van der Waals surface area contributed by atoms with Gasteiger partial charge in [-0.15, -0.1) is 0 Å². The lowest BCUT2D eigenvalue weighted by molar-refractivity contribution is 0.341. The summed E-state index contributed by atoms with van der Waals surface area (Å²) in [6, 6.07) is 12.0. The fraction of sp³-hybridized carbons (Fsp3) is 0.105. The summed E-state index contributed by atoms with van der Waals surface area (Å²) in [5, 5.41) is 15.3. The van der Waals surface area contributed by atoms with Crippen molar-refractivity contribution in [1.29, 1.82) is 0 Å². The Morgan fingerprint density at radius 3 is 2.89 bits per heavy atom. The molecule has 0 aliphatic heterocycles. The minimum Gasteiger partial charge on any atom is -0.506 e. The van der Waals surface area contributed by atoms with Crippen molar-refractivity contribution in [2.75, 3.05) is 6.61 Å². The van der Waals surface area contributed by atoms with Gasteiger partial charge < -0.3 is 19.4 Å². The molecule has 2 heterocycles. The highest BCUT2D eigenvalue weighted by Crippen LogP contribution is 2.34. The van der Waals surface area contributed by atoms with Gasteiger partial charge in [-0.05, 0) is 37.3 Å². The molecule has 0 amide bonds. The molecule has 136 valence electrons. The number of aromatic amines is 1. The number of pyridine rings is 1. The zero-order valence-electron chi connectivity index (χ0n) is 14.2. The van der Waals surface area contributed by atoms with Crippen molar-refractivity contribution in [3.63, 3.8) is 0 Å². The quantitative estimate of drug-likeness (QED) is 0.552. The molecule has 0 fully saturated rings. The van der Waals surface area contributed by atoms with E-state index in [2.05, 4.69) is 15.1 Å². The molecule has 0 saturated heterocycles. The first-order valence-corrected chi connectivity index (χ1v) is 8.57. The molecule has 2 aromatic carbocycles. The molecule has 0 aliphatic rings. The summed E-state index contributed by atoms with van der Waals surface area (Å²) >= 11 is 5.99. The monoisotopic (exact) mass is 383 g/mol. The van der Waals surface area contributed by atoms with Crippen LogP contribution in [0.1, 0.15) is 6.92 Å². The Bertz CT molecular complexity index is 1200. The Hall–Kier alpha value is -3.32. The lowest BCUT2D eigenvalue weighted by atomic mass is 10.1. The average Bonchev–Trinajstić information content (AvgIpc) is 3.13. The molecule has 0 atom stereocenters. The molecule has 4 aromatic rings. The van der Waals surface area contributed by atoms with Crippen LogP contribution in [0, 0.1) is 0 Å². The van der Waals surface area contributed by atoms with Gasteiger partial charge in [0.25, 0.3) is 11.4 Å². The minimum absolute atomic E-state index is 0.100. The molecule has 0 bridgehead atoms. The number of rotatable bonds is 4. The van der Waals surface area contributed by atoms with Crippen LogP contribution in [0.15, 0.2) is 51.8 Å². The molecular formula is C19H14ClN3O4. The first-order chi connectivity index (χ1) is 13.1. The summed E-state index contributed by atoms with van der Waals surface area (Å²) in [4.78, 5) is 19.4. The first-order valence-electron chi connectivity index (χ1n) is 8.19. The van der Waals surface area contributed by atoms with Gasteiger partial charge in [-0.1, -0.05) is 28.9 Å². The molecule has 0 spiro atoms. The number of aromatic hydroxyl groups is 1. The number of fused-ring (bicyclic) bond motifs is 1. The van der Waals surface area contributed by atoms with E-state index in [1.54, 1.807) is 30.3 Å². The summed E-state index contributed by atoms with van der Waals surface area (Å²) in [7, 11) is 0. The predicted molar refractivity (Wildman–Crippen MR) is 101 cm³/mol. The first kappa shape index (κ1) is 17.1. The number of H-pyrrole nitrogens is 1. The maximum atomic E-state index is 12.5. The highest BCUT2D eigenvalue weighted by molar-refractivity contribution is 6.31. The van der Waals surface area contributed by atoms with Gasteiger partial charge in [-0.2, -0.15) is 4.98 Å². The standard InChI is InChI=1S/C19H14ClN3O4/c1-2-26-14-6-4-3-5-11(14)17-22-19(27-23-17)15-16(24)12-9-10(20)7-8-13(12)21-18(15)25/h3-9H,2H2,1H3,(H2,21,24,25). The van der Waals surface area contributed by atoms with Crippen LogP contribution in [-0.2, 0) is 0 Å². The maximum Gasteiger partial charge on any atom is 0.267 e. The number of nitrogens with one attached hydrogen (secondary N) is 1. The second-order valence-corrected chi connectivity index (χ2v) is 6.16. The molecule has 0 radical (unpaired) electrons. The highest BCUT2D eigenvalue weighted by Gasteiger charge is 2.21. The van der Waals surface area contributed by atoms with E-state index in [0.717, 1.165) is 0 Å². The number of benzene rings is 2. The SMILES string of the molecule is CCOc1ccccc1-c1noc(-c2c(O)c3cc(Cl)ccc3[nH]c2=O)n1. The van der Waals surface area contributed by atoms with Crippen LogP contribution in [0.4, 0.5) is 0 Å². The molecule has 7 nitrogen and oxygen atoms in total. The van der Waals surface area contributed by atoms with Crippen LogP contribution in [0.25, 0.3) is 33.7 Å². The van der Waals surface area contributed by atoms with Crippen LogP contribution < -0.4 is 10.3 Å². The number of hydrogen-bond acceptors (Lipinski definition) is 6. The summed E-state index contributed by atoms with van der Waals surface area (Å²) < 4.78 is 10.8. The molecule has 4 rings (SSSR count). The lowest BCUT2D eigenvalue weighted by Crippen LogP contribution is -2.09. The zero-order chi connectivity index (χ0) is 19.0. The summed E-state index contributed by atoms with van der Waals surface area (Å²) in [5.41, 5.74) is 0.411. The van der Waals surface area contributed by atoms with Gasteiger partial charge >= 0.3 is 0 Å². The Morgan fingerprint density at radius 1 is 1.26 bits per heavy atom. The van der Waals surface area contributed by atoms with Gasteiger partial charge in [-0.3, -0.25) is 4.79 Å². The van der Waals surface area contributed by atoms with E-state index >= 15 is 0 Å². The van der Waals surface area contributed by atoms with E-state index in [4.69, 9.17) is 20.9 Å². The summed E-state index contributed by atoms with van der Waals surface area (Å²) in [6.07, 6.45) is 0. The second-order valence-electron chi connectivity index (χ2n) is 5.72. The lowest BCUT2D eigenvalue weighted by Gasteiger charge is -2.06. The van der Waals surface area contributed by atoms with E-state index in [9.17, 15) is 9.90 Å². The molecule has 27 heavy (non-hydrogen) atoms. The van der Waals surface area contributed by atoms with Gasteiger partial charge in [0.05, 0.1) is 17.7 Å². The van der Waals surface area contributed by atoms with Gasteiger partial charge in [0.1, 0.15) is 17.1 Å². The van der Waals surface area contributed by atoms with Gasteiger partial charge in [-0.25, -0.2) is 0 Å². The van der Waals surface area contributed by atoms with Crippen molar-refractivity contribution in [3.8, 4) is 34.3 Å². The molecule has 0 unspecified atom stereocenters. The fourth-order valence-corrected chi connectivity index (χ4v) is 2.99. The summed E-state index contributed by atoms with van der Waals surface area (Å²) in [5.74, 6) is 0.469. The van der Waals surface area contributed by atoms with E-state index in [-0.39, 0.29) is 23.0 Å². The number of nitrogens with zero attached hydrogens (tertiary/aromatic N) is 2. The van der Waals surface area contributed by atoms with E-state index in [1.165, 1.54) is 0 Å². The largest absolute Gasteiger partial charge is 0.506 e. The predicted octanol–water partition coefficient (Wildman–Crippen LogP) is 4.00. The maximum absolute atomic E-state index is 12.5. The highest BCUT2D eigenvalue weighted by atomic mass is 35.5. The van der Waals surface area contributed by atoms with Crippen molar-refractivity contribution >= 4 is 22.5 Å². The third kappa shape index (κ3) is 3.02. The third-order valence-electron chi connectivity index (χ3n) is 4.02. The number of ether oxygens (including phenoxy) is 1. The van der Waals surface area contributed by atoms with Gasteiger partial charge in [0, 0.05) is 10.4 Å². The van der Waals surface area contributed by atoms with Gasteiger partial charge in [0.15, 0.2) is 0 Å². The van der Waals surface area contributed by atoms with Crippen molar-refractivity contribution in [2.45, 2.75) is 6.92 Å². The van der Waals surface area contributed by atoms with Crippen LogP contribution in [-0.4, -0.2) is 26.8 Å². The number of aromatic nitrogens is 3. The Morgan fingerprint density at radius 2 is 2.07 bits per heavy atom. The fourth-order valence-electron chi connectivity index (χ4n) is 2.81. The summed E-state index contributed by atoms with van der Waals surface area (Å²) in [6.45, 7) is 2.35. The van der Waals surface area contributed by atoms with Crippen molar-refractivity contribution in [2.24, 2.45) is 0 Å². The van der Waals surface area contributed by atoms with Gasteiger partial charge in [0.2, 0.25) is 5.82 Å². The minimum atomic E-state index is -0.546.